The fourth-order valence-corrected chi connectivity index (χ4v) is 3.94. The highest BCUT2D eigenvalue weighted by atomic mass is 16.5. The van der Waals surface area contributed by atoms with Gasteiger partial charge in [0.15, 0.2) is 5.58 Å². The molecule has 152 valence electrons. The van der Waals surface area contributed by atoms with Crippen LogP contribution in [0.25, 0.3) is 22.8 Å². The highest BCUT2D eigenvalue weighted by molar-refractivity contribution is 5.82. The van der Waals surface area contributed by atoms with Crippen LogP contribution in [0.3, 0.4) is 0 Å². The Bertz CT molecular complexity index is 1360. The summed E-state index contributed by atoms with van der Waals surface area (Å²) in [5.74, 6) is 1.98. The van der Waals surface area contributed by atoms with Crippen molar-refractivity contribution in [2.75, 3.05) is 23.5 Å². The van der Waals surface area contributed by atoms with Crippen molar-refractivity contribution in [3.8, 4) is 23.0 Å². The number of ether oxygens (including phenoxy) is 1. The standard InChI is InChI=1S/C25H19N3O3/c1-27-16-28(22-11-3-2-10-21(22)27)18-7-5-9-20(15-18)30-19-8-4-6-17(14-19)24-26-25-23(31-24)12-13-29-25/h2-15H,16H2,1H3. The van der Waals surface area contributed by atoms with Crippen LogP contribution in [-0.4, -0.2) is 18.7 Å². The molecule has 3 aromatic carbocycles. The fraction of sp³-hybridized carbons (Fsp3) is 0.0800. The smallest absolute Gasteiger partial charge is 0.266 e. The SMILES string of the molecule is CN1CN(c2cccc(Oc3cccc(-c4nc5occc5o4)c3)c2)c2ccccc21. The van der Waals surface area contributed by atoms with Crippen molar-refractivity contribution in [2.45, 2.75) is 0 Å². The van der Waals surface area contributed by atoms with E-state index in [0.29, 0.717) is 22.9 Å². The number of anilines is 3. The lowest BCUT2D eigenvalue weighted by Gasteiger charge is -2.20. The van der Waals surface area contributed by atoms with E-state index in [4.69, 9.17) is 13.6 Å². The van der Waals surface area contributed by atoms with Crippen LogP contribution in [0.5, 0.6) is 11.5 Å². The molecule has 0 spiro atoms. The van der Waals surface area contributed by atoms with Gasteiger partial charge in [-0.3, -0.25) is 0 Å². The predicted octanol–water partition coefficient (Wildman–Crippen LogP) is 6.43. The Balaban J connectivity index is 1.28. The topological polar surface area (TPSA) is 54.9 Å². The second kappa shape index (κ2) is 6.95. The van der Waals surface area contributed by atoms with Gasteiger partial charge in [-0.1, -0.05) is 24.3 Å². The number of para-hydroxylation sites is 2. The Kier molecular flexibility index (Phi) is 3.96. The normalized spacial score (nSPS) is 13.1. The molecular formula is C25H19N3O3. The van der Waals surface area contributed by atoms with Gasteiger partial charge in [-0.25, -0.2) is 0 Å². The van der Waals surface area contributed by atoms with Gasteiger partial charge in [0.1, 0.15) is 11.5 Å². The van der Waals surface area contributed by atoms with Crippen LogP contribution in [0.1, 0.15) is 0 Å². The van der Waals surface area contributed by atoms with Crippen molar-refractivity contribution in [3.05, 3.63) is 85.1 Å². The van der Waals surface area contributed by atoms with E-state index in [1.54, 1.807) is 12.3 Å². The first-order valence-corrected chi connectivity index (χ1v) is 10.0. The molecule has 31 heavy (non-hydrogen) atoms. The number of furan rings is 1. The summed E-state index contributed by atoms with van der Waals surface area (Å²) in [5, 5.41) is 0. The minimum absolute atomic E-state index is 0.491. The summed E-state index contributed by atoms with van der Waals surface area (Å²) in [6.07, 6.45) is 1.56. The molecule has 6 heteroatoms. The fourth-order valence-electron chi connectivity index (χ4n) is 3.94. The zero-order chi connectivity index (χ0) is 20.8. The molecule has 3 heterocycles. The first-order chi connectivity index (χ1) is 15.2. The quantitative estimate of drug-likeness (QED) is 0.341. The maximum atomic E-state index is 6.18. The van der Waals surface area contributed by atoms with Crippen LogP contribution >= 0.6 is 0 Å². The highest BCUT2D eigenvalue weighted by Crippen LogP contribution is 2.40. The van der Waals surface area contributed by atoms with E-state index in [-0.39, 0.29) is 0 Å². The molecular weight excluding hydrogens is 390 g/mol. The first-order valence-electron chi connectivity index (χ1n) is 10.0. The van der Waals surface area contributed by atoms with Crippen LogP contribution < -0.4 is 14.5 Å². The average molecular weight is 409 g/mol. The molecule has 0 saturated carbocycles. The number of oxazole rings is 1. The lowest BCUT2D eigenvalue weighted by molar-refractivity contribution is 0.482. The van der Waals surface area contributed by atoms with E-state index in [2.05, 4.69) is 58.2 Å². The third-order valence-corrected chi connectivity index (χ3v) is 5.40. The average Bonchev–Trinajstić information content (AvgIpc) is 3.48. The number of benzene rings is 3. The van der Waals surface area contributed by atoms with Crippen LogP contribution in [0.15, 0.2) is 94.0 Å². The Morgan fingerprint density at radius 2 is 1.68 bits per heavy atom. The maximum Gasteiger partial charge on any atom is 0.266 e. The molecule has 0 N–H and O–H groups in total. The molecule has 0 saturated heterocycles. The van der Waals surface area contributed by atoms with Crippen LogP contribution in [0, 0.1) is 0 Å². The molecule has 1 aliphatic heterocycles. The number of aromatic nitrogens is 1. The van der Waals surface area contributed by atoms with Crippen LogP contribution in [0.4, 0.5) is 17.1 Å². The van der Waals surface area contributed by atoms with Crippen molar-refractivity contribution < 1.29 is 13.6 Å². The largest absolute Gasteiger partial charge is 0.457 e. The van der Waals surface area contributed by atoms with Gasteiger partial charge in [0.2, 0.25) is 5.89 Å². The number of fused-ring (bicyclic) bond motifs is 2. The van der Waals surface area contributed by atoms with Crippen molar-refractivity contribution in [3.63, 3.8) is 0 Å². The molecule has 0 radical (unpaired) electrons. The third-order valence-electron chi connectivity index (χ3n) is 5.40. The lowest BCUT2D eigenvalue weighted by Crippen LogP contribution is -2.23. The van der Waals surface area contributed by atoms with Crippen molar-refractivity contribution >= 4 is 28.4 Å². The van der Waals surface area contributed by atoms with Crippen LogP contribution in [-0.2, 0) is 0 Å². The molecule has 1 aliphatic rings. The summed E-state index contributed by atoms with van der Waals surface area (Å²) in [7, 11) is 2.10. The van der Waals surface area contributed by atoms with E-state index in [0.717, 1.165) is 23.7 Å². The summed E-state index contributed by atoms with van der Waals surface area (Å²) in [6.45, 7) is 0.795. The maximum absolute atomic E-state index is 6.18. The monoisotopic (exact) mass is 409 g/mol. The Morgan fingerprint density at radius 1 is 0.871 bits per heavy atom. The van der Waals surface area contributed by atoms with Gasteiger partial charge in [0.25, 0.3) is 5.71 Å². The van der Waals surface area contributed by atoms with Crippen molar-refractivity contribution in [1.82, 2.24) is 4.98 Å². The van der Waals surface area contributed by atoms with Gasteiger partial charge in [0.05, 0.1) is 24.3 Å². The minimum atomic E-state index is 0.491. The predicted molar refractivity (Wildman–Crippen MR) is 120 cm³/mol. The summed E-state index contributed by atoms with van der Waals surface area (Å²) < 4.78 is 17.2. The van der Waals surface area contributed by atoms with Gasteiger partial charge in [-0.2, -0.15) is 4.98 Å². The van der Waals surface area contributed by atoms with E-state index >= 15 is 0 Å². The second-order valence-corrected chi connectivity index (χ2v) is 7.49. The molecule has 0 unspecified atom stereocenters. The molecule has 5 aromatic rings. The lowest BCUT2D eigenvalue weighted by atomic mass is 10.2. The van der Waals surface area contributed by atoms with Gasteiger partial charge >= 0.3 is 0 Å². The Hall–Kier alpha value is -4.19. The Morgan fingerprint density at radius 3 is 2.55 bits per heavy atom. The summed E-state index contributed by atoms with van der Waals surface area (Å²) in [5.41, 5.74) is 5.44. The highest BCUT2D eigenvalue weighted by Gasteiger charge is 2.24. The molecule has 6 nitrogen and oxygen atoms in total. The summed E-state index contributed by atoms with van der Waals surface area (Å²) in [4.78, 5) is 8.90. The zero-order valence-corrected chi connectivity index (χ0v) is 16.9. The van der Waals surface area contributed by atoms with Gasteiger partial charge in [-0.05, 0) is 42.5 Å². The van der Waals surface area contributed by atoms with Crippen LogP contribution in [0.2, 0.25) is 0 Å². The van der Waals surface area contributed by atoms with E-state index in [9.17, 15) is 0 Å². The van der Waals surface area contributed by atoms with Crippen molar-refractivity contribution in [2.24, 2.45) is 0 Å². The molecule has 0 amide bonds. The number of hydrogen-bond acceptors (Lipinski definition) is 6. The van der Waals surface area contributed by atoms with E-state index in [1.165, 1.54) is 11.4 Å². The van der Waals surface area contributed by atoms with Gasteiger partial charge in [-0.15, -0.1) is 0 Å². The second-order valence-electron chi connectivity index (χ2n) is 7.49. The molecule has 0 fully saturated rings. The summed E-state index contributed by atoms with van der Waals surface area (Å²) in [6, 6.07) is 26.0. The zero-order valence-electron chi connectivity index (χ0n) is 16.9. The van der Waals surface area contributed by atoms with Gasteiger partial charge < -0.3 is 23.4 Å². The van der Waals surface area contributed by atoms with Crippen molar-refractivity contribution in [1.29, 1.82) is 0 Å². The minimum Gasteiger partial charge on any atom is -0.457 e. The molecule has 0 bridgehead atoms. The third kappa shape index (κ3) is 3.09. The molecule has 0 atom stereocenters. The number of rotatable bonds is 4. The Labute approximate surface area is 178 Å². The number of nitrogens with zero attached hydrogens (tertiary/aromatic N) is 3. The van der Waals surface area contributed by atoms with Gasteiger partial charge in [0, 0.05) is 30.4 Å². The molecule has 2 aromatic heterocycles. The van der Waals surface area contributed by atoms with E-state index in [1.807, 2.05) is 36.4 Å². The number of hydrogen-bond donors (Lipinski definition) is 0. The summed E-state index contributed by atoms with van der Waals surface area (Å²) >= 11 is 0. The molecule has 0 aliphatic carbocycles. The molecule has 6 rings (SSSR count). The van der Waals surface area contributed by atoms with E-state index < -0.39 is 0 Å². The first kappa shape index (κ1) is 17.7.